The van der Waals surface area contributed by atoms with Gasteiger partial charge in [0.2, 0.25) is 17.8 Å². The van der Waals surface area contributed by atoms with E-state index in [2.05, 4.69) is 54.7 Å². The number of alkyl halides is 2. The highest BCUT2D eigenvalue weighted by atomic mass is 19.3. The minimum atomic E-state index is -2.67. The van der Waals surface area contributed by atoms with E-state index in [9.17, 15) is 13.6 Å². The van der Waals surface area contributed by atoms with Crippen LogP contribution < -0.4 is 21.3 Å². The molecule has 0 aromatic carbocycles. The number of nitrogens with one attached hydrogen (secondary N) is 4. The van der Waals surface area contributed by atoms with E-state index < -0.39 is 18.3 Å². The number of aliphatic imine (C=N–C) groups is 4. The maximum atomic E-state index is 13.0. The molecule has 0 aromatic heterocycles. The van der Waals surface area contributed by atoms with Gasteiger partial charge in [-0.1, -0.05) is 0 Å². The van der Waals surface area contributed by atoms with Crippen molar-refractivity contribution < 1.29 is 13.6 Å². The number of guanidine groups is 2. The van der Waals surface area contributed by atoms with Gasteiger partial charge in [-0.05, 0) is 45.2 Å². The summed E-state index contributed by atoms with van der Waals surface area (Å²) in [4.78, 5) is 28.1. The number of carbonyl (C=O) groups excluding carboxylic acids is 1. The molecule has 0 bridgehead atoms. The van der Waals surface area contributed by atoms with Crippen molar-refractivity contribution in [2.24, 2.45) is 25.4 Å². The van der Waals surface area contributed by atoms with Crippen LogP contribution in [0.5, 0.6) is 0 Å². The lowest BCUT2D eigenvalue weighted by molar-refractivity contribution is -0.126. The van der Waals surface area contributed by atoms with Crippen molar-refractivity contribution in [3.63, 3.8) is 0 Å². The molecule has 0 aromatic rings. The van der Waals surface area contributed by atoms with Crippen LogP contribution >= 0.6 is 0 Å². The molecule has 1 spiro atoms. The second kappa shape index (κ2) is 7.88. The third kappa shape index (κ3) is 4.77. The summed E-state index contributed by atoms with van der Waals surface area (Å²) < 4.78 is 26.0. The van der Waals surface area contributed by atoms with E-state index in [1.807, 2.05) is 6.92 Å². The summed E-state index contributed by atoms with van der Waals surface area (Å²) in [6.45, 7) is 8.90. The van der Waals surface area contributed by atoms with Gasteiger partial charge in [0.05, 0.1) is 11.5 Å². The van der Waals surface area contributed by atoms with Crippen LogP contribution in [0.15, 0.2) is 31.4 Å². The zero-order valence-corrected chi connectivity index (χ0v) is 16.6. The fraction of sp³-hybridized carbons (Fsp3) is 0.611. The van der Waals surface area contributed by atoms with Gasteiger partial charge in [-0.25, -0.2) is 18.8 Å². The number of hydrogen-bond acceptors (Lipinski definition) is 5. The number of rotatable bonds is 5. The lowest BCUT2D eigenvalue weighted by Gasteiger charge is -2.32. The van der Waals surface area contributed by atoms with Gasteiger partial charge in [-0.15, -0.1) is 0 Å². The number of amides is 1. The Bertz CT molecular complexity index is 792. The maximum absolute atomic E-state index is 13.0. The smallest absolute Gasteiger partial charge is 0.252 e. The molecule has 1 heterocycles. The SMILES string of the molecule is C=NC(=NC1CC(F)(F)C1)NC(=NC)NC(N=C)NC1=C(C)CC2(CC2)C(=O)N1. The summed E-state index contributed by atoms with van der Waals surface area (Å²) in [6.07, 6.45) is 1.19. The van der Waals surface area contributed by atoms with Gasteiger partial charge in [-0.2, -0.15) is 0 Å². The van der Waals surface area contributed by atoms with E-state index in [-0.39, 0.29) is 36.1 Å². The summed E-state index contributed by atoms with van der Waals surface area (Å²) in [6, 6.07) is -0.512. The van der Waals surface area contributed by atoms with Crippen molar-refractivity contribution >= 4 is 31.3 Å². The van der Waals surface area contributed by atoms with Gasteiger partial charge in [0.1, 0.15) is 5.82 Å². The topological polar surface area (TPSA) is 115 Å². The Balaban J connectivity index is 1.60. The zero-order chi connectivity index (χ0) is 21.2. The third-order valence-electron chi connectivity index (χ3n) is 5.32. The second-order valence-electron chi connectivity index (χ2n) is 7.67. The van der Waals surface area contributed by atoms with Gasteiger partial charge in [-0.3, -0.25) is 20.1 Å². The first kappa shape index (κ1) is 20.9. The quantitative estimate of drug-likeness (QED) is 0.310. The molecule has 3 rings (SSSR count). The minimum Gasteiger partial charge on any atom is -0.333 e. The Hall–Kier alpha value is -2.85. The monoisotopic (exact) mass is 408 g/mol. The first-order valence-corrected chi connectivity index (χ1v) is 9.36. The van der Waals surface area contributed by atoms with Crippen molar-refractivity contribution in [2.75, 3.05) is 7.05 Å². The molecule has 3 aliphatic rings. The molecule has 0 radical (unpaired) electrons. The molecule has 9 nitrogen and oxygen atoms in total. The van der Waals surface area contributed by atoms with Crippen molar-refractivity contribution in [1.82, 2.24) is 21.3 Å². The van der Waals surface area contributed by atoms with Gasteiger partial charge >= 0.3 is 0 Å². The van der Waals surface area contributed by atoms with E-state index in [4.69, 9.17) is 0 Å². The maximum Gasteiger partial charge on any atom is 0.252 e. The molecule has 0 saturated heterocycles. The molecule has 1 amide bonds. The van der Waals surface area contributed by atoms with Crippen molar-refractivity contribution in [1.29, 1.82) is 0 Å². The van der Waals surface area contributed by atoms with Gasteiger partial charge in [0.15, 0.2) is 6.29 Å². The van der Waals surface area contributed by atoms with Crippen molar-refractivity contribution in [3.05, 3.63) is 11.4 Å². The molecule has 2 aliphatic carbocycles. The Labute approximate surface area is 168 Å². The number of allylic oxidation sites excluding steroid dienone is 1. The van der Waals surface area contributed by atoms with Crippen molar-refractivity contribution in [3.8, 4) is 0 Å². The standard InChI is InChI=1S/C18H26F2N8O/c1-10-7-17(5-6-17)13(29)25-12(10)26-15(22-3)28-16(23-4)27-14(21-2)24-11-8-18(19,20)9-11/h11,15,26H,2-3,5-9H2,1,4H3,(H,25,29)(H2,23,24,27,28). The molecular weight excluding hydrogens is 382 g/mol. The molecule has 1 aliphatic heterocycles. The average molecular weight is 408 g/mol. The fourth-order valence-electron chi connectivity index (χ4n) is 3.41. The molecule has 4 N–H and O–H groups in total. The second-order valence-corrected chi connectivity index (χ2v) is 7.67. The first-order chi connectivity index (χ1) is 13.7. The highest BCUT2D eigenvalue weighted by Crippen LogP contribution is 2.52. The predicted molar refractivity (Wildman–Crippen MR) is 108 cm³/mol. The minimum absolute atomic E-state index is 0.0125. The summed E-state index contributed by atoms with van der Waals surface area (Å²) in [7, 11) is 1.53. The van der Waals surface area contributed by atoms with Crippen LogP contribution in [0.4, 0.5) is 8.78 Å². The van der Waals surface area contributed by atoms with Crippen LogP contribution in [0.1, 0.15) is 39.0 Å². The van der Waals surface area contributed by atoms with Crippen LogP contribution in [-0.2, 0) is 4.79 Å². The molecule has 2 saturated carbocycles. The normalized spacial score (nSPS) is 24.3. The molecule has 11 heteroatoms. The Morgan fingerprint density at radius 1 is 1.31 bits per heavy atom. The van der Waals surface area contributed by atoms with Crippen LogP contribution in [0.3, 0.4) is 0 Å². The summed E-state index contributed by atoms with van der Waals surface area (Å²) >= 11 is 0. The molecule has 1 unspecified atom stereocenters. The predicted octanol–water partition coefficient (Wildman–Crippen LogP) is 1.11. The Morgan fingerprint density at radius 3 is 2.52 bits per heavy atom. The molecule has 158 valence electrons. The third-order valence-corrected chi connectivity index (χ3v) is 5.32. The number of carbonyl (C=O) groups is 1. The summed E-state index contributed by atoms with van der Waals surface area (Å²) in [5.74, 6) is -1.75. The largest absolute Gasteiger partial charge is 0.333 e. The molecular formula is C18H26F2N8O. The van der Waals surface area contributed by atoms with Gasteiger partial charge in [0, 0.05) is 19.9 Å². The van der Waals surface area contributed by atoms with Crippen LogP contribution in [0.2, 0.25) is 0 Å². The zero-order valence-electron chi connectivity index (χ0n) is 16.6. The summed E-state index contributed by atoms with van der Waals surface area (Å²) in [5, 5.41) is 11.7. The van der Waals surface area contributed by atoms with Gasteiger partial charge < -0.3 is 16.0 Å². The van der Waals surface area contributed by atoms with E-state index in [0.29, 0.717) is 12.2 Å². The molecule has 29 heavy (non-hydrogen) atoms. The van der Waals surface area contributed by atoms with E-state index in [1.165, 1.54) is 7.05 Å². The number of halogens is 2. The average Bonchev–Trinajstić information content (AvgIpc) is 3.42. The Kier molecular flexibility index (Phi) is 5.67. The Morgan fingerprint density at radius 2 is 2.00 bits per heavy atom. The molecule has 2 fully saturated rings. The number of nitrogens with zero attached hydrogens (tertiary/aromatic N) is 4. The fourth-order valence-corrected chi connectivity index (χ4v) is 3.41. The van der Waals surface area contributed by atoms with E-state index in [1.54, 1.807) is 0 Å². The van der Waals surface area contributed by atoms with Crippen LogP contribution in [-0.4, -0.2) is 56.6 Å². The highest BCUT2D eigenvalue weighted by Gasteiger charge is 2.52. The van der Waals surface area contributed by atoms with Crippen LogP contribution in [0, 0.1) is 5.41 Å². The van der Waals surface area contributed by atoms with Gasteiger partial charge in [0.25, 0.3) is 5.92 Å². The lowest BCUT2D eigenvalue weighted by Crippen LogP contribution is -2.53. The molecule has 1 atom stereocenters. The highest BCUT2D eigenvalue weighted by molar-refractivity contribution is 6.00. The van der Waals surface area contributed by atoms with Crippen molar-refractivity contribution in [2.45, 2.75) is 57.3 Å². The van der Waals surface area contributed by atoms with E-state index >= 15 is 0 Å². The summed E-state index contributed by atoms with van der Waals surface area (Å²) in [5.41, 5.74) is 0.790. The first-order valence-electron chi connectivity index (χ1n) is 9.36. The van der Waals surface area contributed by atoms with E-state index in [0.717, 1.165) is 18.4 Å². The van der Waals surface area contributed by atoms with Crippen LogP contribution in [0.25, 0.3) is 0 Å². The number of hydrogen-bond donors (Lipinski definition) is 4. The lowest BCUT2D eigenvalue weighted by atomic mass is 9.89.